The first-order valence-electron chi connectivity index (χ1n) is 12.0. The van der Waals surface area contributed by atoms with Gasteiger partial charge >= 0.3 is 23.7 Å². The van der Waals surface area contributed by atoms with Crippen LogP contribution in [0.4, 0.5) is 35.1 Å². The van der Waals surface area contributed by atoms with Gasteiger partial charge in [0, 0.05) is 11.8 Å². The summed E-state index contributed by atoms with van der Waals surface area (Å²) >= 11 is 0. The zero-order valence-corrected chi connectivity index (χ0v) is 20.1. The Balaban J connectivity index is 2.55. The first-order chi connectivity index (χ1) is 16.2. The largest absolute Gasteiger partial charge is 0.330 e. The average molecular weight is 507 g/mol. The summed E-state index contributed by atoms with van der Waals surface area (Å²) in [5, 5.41) is 0. The van der Waals surface area contributed by atoms with E-state index < -0.39 is 77.8 Å². The second-order valence-electron chi connectivity index (χ2n) is 9.26. The maximum absolute atomic E-state index is 16.5. The lowest BCUT2D eigenvalue weighted by molar-refractivity contribution is -0.340. The van der Waals surface area contributed by atoms with E-state index in [4.69, 9.17) is 0 Å². The molecule has 2 aromatic rings. The van der Waals surface area contributed by atoms with Crippen LogP contribution in [-0.4, -0.2) is 23.7 Å². The topological polar surface area (TPSA) is 0 Å². The van der Waals surface area contributed by atoms with Crippen LogP contribution in [0.25, 0.3) is 11.1 Å². The number of hydrogen-bond acceptors (Lipinski definition) is 0. The predicted molar refractivity (Wildman–Crippen MR) is 121 cm³/mol. The molecule has 3 rings (SSSR count). The minimum Gasteiger partial charge on any atom is -0.200 e. The third-order valence-corrected chi connectivity index (χ3v) is 7.73. The Labute approximate surface area is 200 Å². The zero-order valence-electron chi connectivity index (χ0n) is 20.1. The van der Waals surface area contributed by atoms with E-state index >= 15 is 35.1 Å². The molecular formula is C27H30F8. The molecule has 0 amide bonds. The van der Waals surface area contributed by atoms with E-state index in [1.807, 2.05) is 0 Å². The molecule has 0 saturated carbocycles. The van der Waals surface area contributed by atoms with Crippen LogP contribution in [0.15, 0.2) is 48.5 Å². The van der Waals surface area contributed by atoms with Gasteiger partial charge < -0.3 is 0 Å². The molecular weight excluding hydrogens is 476 g/mol. The summed E-state index contributed by atoms with van der Waals surface area (Å²) in [5.74, 6) is -25.1. The molecule has 0 aromatic heterocycles. The molecule has 1 aliphatic rings. The number of alkyl halides is 8. The molecule has 0 unspecified atom stereocenters. The van der Waals surface area contributed by atoms with Crippen molar-refractivity contribution in [1.82, 2.24) is 0 Å². The maximum Gasteiger partial charge on any atom is 0.330 e. The fraction of sp³-hybridized carbons (Fsp3) is 0.556. The number of rotatable bonds is 10. The molecule has 8 heteroatoms. The molecule has 1 aliphatic carbocycles. The van der Waals surface area contributed by atoms with Gasteiger partial charge in [-0.1, -0.05) is 76.2 Å². The molecule has 0 heterocycles. The molecule has 35 heavy (non-hydrogen) atoms. The highest BCUT2D eigenvalue weighted by Crippen LogP contribution is 2.70. The summed E-state index contributed by atoms with van der Waals surface area (Å²) < 4.78 is 129. The fourth-order valence-electron chi connectivity index (χ4n) is 5.72. The van der Waals surface area contributed by atoms with Crippen molar-refractivity contribution in [3.05, 3.63) is 59.7 Å². The van der Waals surface area contributed by atoms with E-state index in [-0.39, 0.29) is 11.1 Å². The Hall–Kier alpha value is -2.12. The SMILES string of the molecule is CCC(CC)C(F)(F)C(F)(F)C1(C(F)(F)C(F)(F)C(CC)CC)c2ccccc2-c2ccccc21. The van der Waals surface area contributed by atoms with Crippen LogP contribution in [0.3, 0.4) is 0 Å². The molecule has 0 radical (unpaired) electrons. The van der Waals surface area contributed by atoms with Gasteiger partial charge in [-0.3, -0.25) is 0 Å². The molecule has 0 nitrogen and oxygen atoms in total. The lowest BCUT2D eigenvalue weighted by Gasteiger charge is -2.51. The maximum atomic E-state index is 16.5. The normalized spacial score (nSPS) is 16.1. The minimum absolute atomic E-state index is 0.178. The van der Waals surface area contributed by atoms with Crippen molar-refractivity contribution in [2.75, 3.05) is 0 Å². The third-order valence-electron chi connectivity index (χ3n) is 7.73. The molecule has 0 saturated heterocycles. The highest BCUT2D eigenvalue weighted by Gasteiger charge is 2.86. The van der Waals surface area contributed by atoms with Crippen LogP contribution in [0.5, 0.6) is 0 Å². The van der Waals surface area contributed by atoms with E-state index in [1.54, 1.807) is 0 Å². The highest BCUT2D eigenvalue weighted by atomic mass is 19.3. The van der Waals surface area contributed by atoms with Gasteiger partial charge in [0.1, 0.15) is 0 Å². The summed E-state index contributed by atoms with van der Waals surface area (Å²) in [6.07, 6.45) is -1.75. The fourth-order valence-corrected chi connectivity index (χ4v) is 5.72. The van der Waals surface area contributed by atoms with Gasteiger partial charge in [-0.2, -0.15) is 35.1 Å². The van der Waals surface area contributed by atoms with E-state index in [9.17, 15) is 0 Å². The number of fused-ring (bicyclic) bond motifs is 3. The van der Waals surface area contributed by atoms with E-state index in [0.29, 0.717) is 0 Å². The van der Waals surface area contributed by atoms with Crippen molar-refractivity contribution in [3.63, 3.8) is 0 Å². The van der Waals surface area contributed by atoms with Crippen molar-refractivity contribution < 1.29 is 35.1 Å². The lowest BCUT2D eigenvalue weighted by Crippen LogP contribution is -2.71. The second-order valence-corrected chi connectivity index (χ2v) is 9.26. The van der Waals surface area contributed by atoms with Crippen LogP contribution in [0.2, 0.25) is 0 Å². The van der Waals surface area contributed by atoms with Crippen LogP contribution < -0.4 is 0 Å². The first kappa shape index (κ1) is 27.5. The first-order valence-corrected chi connectivity index (χ1v) is 12.0. The van der Waals surface area contributed by atoms with Gasteiger partial charge in [0.2, 0.25) is 0 Å². The van der Waals surface area contributed by atoms with Gasteiger partial charge in [-0.05, 0) is 47.9 Å². The quantitative estimate of drug-likeness (QED) is 0.282. The molecule has 2 aromatic carbocycles. The Kier molecular flexibility index (Phi) is 7.12. The minimum atomic E-state index is -5.56. The number of hydrogen-bond donors (Lipinski definition) is 0. The summed E-state index contributed by atoms with van der Waals surface area (Å²) in [4.78, 5) is 0. The summed E-state index contributed by atoms with van der Waals surface area (Å²) in [6, 6.07) is 9.18. The summed E-state index contributed by atoms with van der Waals surface area (Å²) in [5.41, 5.74) is -6.46. The van der Waals surface area contributed by atoms with Crippen LogP contribution in [0.1, 0.15) is 64.5 Å². The van der Waals surface area contributed by atoms with Gasteiger partial charge in [-0.25, -0.2) is 0 Å². The van der Waals surface area contributed by atoms with Crippen molar-refractivity contribution in [3.8, 4) is 11.1 Å². The molecule has 0 atom stereocenters. The van der Waals surface area contributed by atoms with Crippen LogP contribution in [-0.2, 0) is 5.41 Å². The molecule has 0 spiro atoms. The molecule has 0 N–H and O–H groups in total. The monoisotopic (exact) mass is 506 g/mol. The van der Waals surface area contributed by atoms with Crippen LogP contribution in [0, 0.1) is 11.8 Å². The molecule has 194 valence electrons. The Bertz CT molecular complexity index is 951. The zero-order chi connectivity index (χ0) is 26.4. The second kappa shape index (κ2) is 9.07. The van der Waals surface area contributed by atoms with Gasteiger partial charge in [0.25, 0.3) is 0 Å². The van der Waals surface area contributed by atoms with E-state index in [2.05, 4.69) is 0 Å². The van der Waals surface area contributed by atoms with Crippen LogP contribution >= 0.6 is 0 Å². The average Bonchev–Trinajstić information content (AvgIpc) is 3.12. The molecule has 0 bridgehead atoms. The molecule has 0 aliphatic heterocycles. The van der Waals surface area contributed by atoms with Crippen molar-refractivity contribution in [2.24, 2.45) is 11.8 Å². The van der Waals surface area contributed by atoms with Gasteiger partial charge in [-0.15, -0.1) is 0 Å². The smallest absolute Gasteiger partial charge is 0.200 e. The Morgan fingerprint density at radius 1 is 0.543 bits per heavy atom. The van der Waals surface area contributed by atoms with E-state index in [1.165, 1.54) is 52.0 Å². The summed E-state index contributed by atoms with van der Waals surface area (Å²) in [7, 11) is 0. The summed E-state index contributed by atoms with van der Waals surface area (Å²) in [6.45, 7) is 4.99. The lowest BCUT2D eigenvalue weighted by atomic mass is 9.61. The van der Waals surface area contributed by atoms with Crippen molar-refractivity contribution in [1.29, 1.82) is 0 Å². The Morgan fingerprint density at radius 2 is 0.829 bits per heavy atom. The molecule has 0 fully saturated rings. The van der Waals surface area contributed by atoms with E-state index in [0.717, 1.165) is 24.3 Å². The van der Waals surface area contributed by atoms with Crippen molar-refractivity contribution >= 4 is 0 Å². The van der Waals surface area contributed by atoms with Gasteiger partial charge in [0.15, 0.2) is 5.41 Å². The number of halogens is 8. The predicted octanol–water partition coefficient (Wildman–Crippen LogP) is 9.37. The van der Waals surface area contributed by atoms with Crippen molar-refractivity contribution in [2.45, 2.75) is 82.5 Å². The Morgan fingerprint density at radius 3 is 1.11 bits per heavy atom. The standard InChI is InChI=1S/C27H30F8/c1-5-17(6-2)24(28,29)26(32,33)23(27(34,35)25(30,31)18(7-3)8-4)21-15-11-9-13-19(21)20-14-10-12-16-22(20)23/h9-18H,5-8H2,1-4H3. The highest BCUT2D eigenvalue weighted by molar-refractivity contribution is 5.83. The third kappa shape index (κ3) is 3.37. The van der Waals surface area contributed by atoms with Gasteiger partial charge in [0.05, 0.1) is 0 Å². The number of benzene rings is 2.